The fourth-order valence-electron chi connectivity index (χ4n) is 7.85. The summed E-state index contributed by atoms with van der Waals surface area (Å²) in [5, 5.41) is 99.7. The van der Waals surface area contributed by atoms with Crippen molar-refractivity contribution >= 4 is 80.3 Å². The van der Waals surface area contributed by atoms with Gasteiger partial charge in [-0.25, -0.2) is 64.4 Å². The summed E-state index contributed by atoms with van der Waals surface area (Å²) < 4.78 is 32.1. The number of esters is 4. The van der Waals surface area contributed by atoms with Crippen molar-refractivity contribution in [2.24, 2.45) is 0 Å². The lowest BCUT2D eigenvalue weighted by atomic mass is 10.1. The molecule has 104 heavy (non-hydrogen) atoms. The zero-order chi connectivity index (χ0) is 78.5. The molecule has 4 heterocycles. The van der Waals surface area contributed by atoms with Gasteiger partial charge in [-0.1, -0.05) is 68.1 Å². The Kier molecular flexibility index (Phi) is 46.9. The van der Waals surface area contributed by atoms with Crippen LogP contribution in [0.4, 0.5) is 9.59 Å². The minimum Gasteiger partial charge on any atom is -0.479 e. The summed E-state index contributed by atoms with van der Waals surface area (Å²) in [4.78, 5) is 132. The molecule has 10 atom stereocenters. The van der Waals surface area contributed by atoms with Gasteiger partial charge in [0, 0.05) is 36.0 Å². The quantitative estimate of drug-likeness (QED) is 0.0585. The molecule has 6 rings (SSSR count). The molecule has 2 aromatic carbocycles. The predicted octanol–water partition coefficient (Wildman–Crippen LogP) is 0.571. The van der Waals surface area contributed by atoms with Gasteiger partial charge in [0.15, 0.2) is 42.7 Å². The van der Waals surface area contributed by atoms with Crippen molar-refractivity contribution in [3.8, 4) is 0 Å². The Balaban J connectivity index is -0.000000603. The van der Waals surface area contributed by atoms with Crippen LogP contribution in [0.15, 0.2) is 60.7 Å². The molecule has 38 nitrogen and oxygen atoms in total. The number of aliphatic carboxylic acids is 6. The first kappa shape index (κ1) is 99.4. The summed E-state index contributed by atoms with van der Waals surface area (Å²) in [6.07, 6.45) is -8.71. The maximum atomic E-state index is 13.1. The molecule has 4 aliphatic rings. The lowest BCUT2D eigenvalue weighted by Gasteiger charge is -2.41. The lowest BCUT2D eigenvalue weighted by molar-refractivity contribution is -0.170. The molecule has 2 aromatic rings. The summed E-state index contributed by atoms with van der Waals surface area (Å²) in [7, 11) is 0. The number of amides is 2. The van der Waals surface area contributed by atoms with Crippen molar-refractivity contribution in [2.45, 2.75) is 238 Å². The third-order valence-corrected chi connectivity index (χ3v) is 12.6. The lowest BCUT2D eigenvalue weighted by Crippen LogP contribution is -2.61. The smallest absolute Gasteiger partial charge is 0.430 e. The van der Waals surface area contributed by atoms with Crippen LogP contribution in [0.25, 0.3) is 0 Å². The van der Waals surface area contributed by atoms with Crippen molar-refractivity contribution < 1.29 is 149 Å². The third kappa shape index (κ3) is 43.4. The van der Waals surface area contributed by atoms with Crippen molar-refractivity contribution in [1.82, 2.24) is 42.6 Å². The van der Waals surface area contributed by atoms with Gasteiger partial charge in [-0.2, -0.15) is 5.01 Å². The first-order valence-corrected chi connectivity index (χ1v) is 31.9. The Morgan fingerprint density at radius 1 is 0.404 bits per heavy atom. The highest BCUT2D eigenvalue weighted by atomic mass is 16.6. The normalized spacial score (nSPS) is 18.7. The maximum absolute atomic E-state index is 13.1. The Bertz CT molecular complexity index is 2720. The second-order valence-corrected chi connectivity index (χ2v) is 26.3. The number of carbonyl (C=O) groups is 12. The van der Waals surface area contributed by atoms with Crippen molar-refractivity contribution in [3.63, 3.8) is 0 Å². The largest absolute Gasteiger partial charge is 0.479 e. The van der Waals surface area contributed by atoms with Crippen molar-refractivity contribution in [1.29, 1.82) is 0 Å². The fraction of sp³-hybridized carbons (Fsp3) is 0.631. The average molecular weight is 1490 g/mol. The Hall–Kier alpha value is -8.74. The van der Waals surface area contributed by atoms with Gasteiger partial charge in [0.05, 0.1) is 0 Å². The van der Waals surface area contributed by atoms with Crippen LogP contribution >= 0.6 is 0 Å². The number of aliphatic hydroxyl groups excluding tert-OH is 6. The van der Waals surface area contributed by atoms with Crippen LogP contribution in [0, 0.1) is 0 Å². The summed E-state index contributed by atoms with van der Waals surface area (Å²) >= 11 is 0. The first-order valence-electron chi connectivity index (χ1n) is 31.9. The van der Waals surface area contributed by atoms with Gasteiger partial charge in [0.1, 0.15) is 53.7 Å². The number of carboxylic acid groups (broad SMARTS) is 6. The number of nitrogens with zero attached hydrogens (tertiary/aromatic N) is 2. The molecule has 18 N–H and O–H groups in total. The zero-order valence-corrected chi connectivity index (χ0v) is 59.6. The van der Waals surface area contributed by atoms with E-state index in [9.17, 15) is 57.5 Å². The molecule has 0 aliphatic carbocycles. The molecule has 4 aliphatic heterocycles. The molecule has 4 saturated heterocycles. The van der Waals surface area contributed by atoms with Gasteiger partial charge in [0.25, 0.3) is 0 Å². The predicted molar refractivity (Wildman–Crippen MR) is 367 cm³/mol. The van der Waals surface area contributed by atoms with Gasteiger partial charge in [-0.05, 0) is 146 Å². The van der Waals surface area contributed by atoms with Crippen LogP contribution in [0.3, 0.4) is 0 Å². The van der Waals surface area contributed by atoms with Crippen LogP contribution in [0.2, 0.25) is 0 Å². The highest BCUT2D eigenvalue weighted by Gasteiger charge is 2.44. The molecule has 39 heteroatoms. The molecule has 4 fully saturated rings. The van der Waals surface area contributed by atoms with Crippen molar-refractivity contribution in [2.75, 3.05) is 26.2 Å². The number of hydrogen-bond donors (Lipinski definition) is 18. The molecular weight excluding hydrogens is 1380 g/mol. The molecule has 0 saturated carbocycles. The average Bonchev–Trinajstić information content (AvgIpc) is 0.795. The van der Waals surface area contributed by atoms with Crippen molar-refractivity contribution in [3.05, 3.63) is 71.8 Å². The van der Waals surface area contributed by atoms with Gasteiger partial charge >= 0.3 is 71.9 Å². The highest BCUT2D eigenvalue weighted by molar-refractivity contribution is 5.85. The molecule has 0 bridgehead atoms. The monoisotopic (exact) mass is 1490 g/mol. The second-order valence-electron chi connectivity index (χ2n) is 26.3. The van der Waals surface area contributed by atoms with Gasteiger partial charge < -0.3 is 89.7 Å². The van der Waals surface area contributed by atoms with Crippen LogP contribution in [-0.4, -0.2) is 261 Å². The summed E-state index contributed by atoms with van der Waals surface area (Å²) in [5.41, 5.74) is 17.3. The minimum absolute atomic E-state index is 0. The van der Waals surface area contributed by atoms with E-state index < -0.39 is 119 Å². The van der Waals surface area contributed by atoms with Crippen LogP contribution in [0.5, 0.6) is 0 Å². The van der Waals surface area contributed by atoms with E-state index in [4.69, 9.17) is 89.7 Å². The van der Waals surface area contributed by atoms with E-state index in [2.05, 4.69) is 32.6 Å². The van der Waals surface area contributed by atoms with Crippen LogP contribution in [-0.2, 0) is 89.6 Å². The van der Waals surface area contributed by atoms with E-state index in [-0.39, 0.29) is 73.1 Å². The molecule has 2 unspecified atom stereocenters. The standard InChI is InChI=1S/C25H30N2O6.3C9H18N2O2.3C4H6O6.CH4.B.H2/c1-25(2,3)33-22(28)21-15-10-16-26(23(29)31-17-19-11-6-4-7-12-19)27(21)24(30)32-18-20-13-8-5-9-14-20;3*1-9(2,3)13-8(12)7-5-4-6-10-11-7;3*5-1(3(7)8)2(6)4(9)10;;;/h4-9,11-14,21H,10,15-18H2,1-3H3;3*7,10-11H,4-6H2,1-3H3;3*1-2,5-6H,(H,7,8)(H,9,10);1H4;;1H/t;2*7-;;3*1-,2-;;;/m.10.111.../s1/i;;;;;;;;;1+1. The molecule has 2 amide bonds. The number of rotatable bonds is 17. The Morgan fingerprint density at radius 2 is 0.654 bits per heavy atom. The molecule has 3 radical (unpaired) electrons. The molecule has 0 aromatic heterocycles. The zero-order valence-electron chi connectivity index (χ0n) is 59.6. The summed E-state index contributed by atoms with van der Waals surface area (Å²) in [6, 6.07) is 16.8. The third-order valence-electron chi connectivity index (χ3n) is 12.6. The number of carbonyl (C=O) groups excluding carboxylic acids is 6. The molecule has 0 spiro atoms. The minimum atomic E-state index is -2.27. The molecule has 591 valence electrons. The van der Waals surface area contributed by atoms with E-state index in [0.29, 0.717) is 12.8 Å². The van der Waals surface area contributed by atoms with E-state index in [1.54, 1.807) is 20.8 Å². The molecular formula is C65H108BN8O30. The SMILES string of the molecule is C.CC(C)(C)OC(=O)C1CCCN(C(=O)OCc2ccccc2)N1C(=O)OCc1ccccc1.CC(C)(C)OC(=O)C1CCCNN1.CC(C)(C)OC(=O)[C@@H]1CCCNN1.CC(C)(C)OC(=O)[C@H]1CCCNN1.O=C(O)[C@H](O)[C@@H](O)C(=O)O.O=C(O)[C@H](O)[C@@H](O)C(=O)O.O=C(O)[C@H](O)[C@@H](O)C(=O)O.[2HH].[B]. The number of carboxylic acids is 6. The van der Waals surface area contributed by atoms with E-state index in [1.807, 2.05) is 123 Å². The van der Waals surface area contributed by atoms with E-state index in [0.717, 1.165) is 79.3 Å². The number of ether oxygens (including phenoxy) is 6. The van der Waals surface area contributed by atoms with Gasteiger partial charge in [0.2, 0.25) is 0 Å². The number of nitrogens with one attached hydrogen (secondary N) is 6. The summed E-state index contributed by atoms with van der Waals surface area (Å²) in [6.45, 7) is 25.1. The van der Waals surface area contributed by atoms with E-state index in [1.165, 1.54) is 0 Å². The number of benzene rings is 2. The highest BCUT2D eigenvalue weighted by Crippen LogP contribution is 2.25. The van der Waals surface area contributed by atoms with Crippen LogP contribution < -0.4 is 32.6 Å². The maximum Gasteiger partial charge on any atom is 0.430 e. The van der Waals surface area contributed by atoms with Gasteiger partial charge in [-0.3, -0.25) is 30.7 Å². The topological polar surface area (TPSA) is 582 Å². The Labute approximate surface area is 606 Å². The second kappa shape index (κ2) is 49.1. The first-order chi connectivity index (χ1) is 47.1. The number of hydrazine groups is 4. The number of hydrogen-bond acceptors (Lipinski definition) is 30. The summed E-state index contributed by atoms with van der Waals surface area (Å²) in [5.74, 6) is -11.7. The van der Waals surface area contributed by atoms with Gasteiger partial charge in [-0.15, -0.1) is 0 Å². The number of aliphatic hydroxyl groups is 6. The van der Waals surface area contributed by atoms with Crippen LogP contribution in [0.1, 0.15) is 154 Å². The fourth-order valence-corrected chi connectivity index (χ4v) is 7.85. The Morgan fingerprint density at radius 3 is 0.885 bits per heavy atom. The van der Waals surface area contributed by atoms with E-state index >= 15 is 0 Å².